The van der Waals surface area contributed by atoms with Crippen LogP contribution in [0.15, 0.2) is 6.33 Å². The van der Waals surface area contributed by atoms with Crippen LogP contribution in [-0.2, 0) is 4.74 Å². The van der Waals surface area contributed by atoms with Gasteiger partial charge in [0, 0.05) is 6.61 Å². The van der Waals surface area contributed by atoms with E-state index in [1.54, 1.807) is 7.11 Å². The van der Waals surface area contributed by atoms with Gasteiger partial charge < -0.3 is 20.0 Å². The number of nitrogen functional groups attached to an aromatic ring is 1. The van der Waals surface area contributed by atoms with Crippen LogP contribution in [0.2, 0.25) is 0 Å². The first kappa shape index (κ1) is 21.6. The topological polar surface area (TPSA) is 97.3 Å². The number of nitrogens with two attached hydrogens (primary N) is 1. The second-order valence-electron chi connectivity index (χ2n) is 8.70. The molecule has 1 fully saturated rings. The summed E-state index contributed by atoms with van der Waals surface area (Å²) in [6.07, 6.45) is 11.0. The molecule has 0 aliphatic carbocycles. The molecular formula is C21H35N5O3. The Balaban J connectivity index is 1.39. The number of unbranched alkanes of at least 4 members (excludes halogenated alkanes) is 3. The molecule has 1 aliphatic heterocycles. The summed E-state index contributed by atoms with van der Waals surface area (Å²) in [5, 5.41) is 0. The predicted molar refractivity (Wildman–Crippen MR) is 113 cm³/mol. The van der Waals surface area contributed by atoms with Gasteiger partial charge in [0.25, 0.3) is 0 Å². The Morgan fingerprint density at radius 3 is 2.83 bits per heavy atom. The smallest absolute Gasteiger partial charge is 0.332 e. The van der Waals surface area contributed by atoms with Crippen molar-refractivity contribution in [2.45, 2.75) is 83.8 Å². The molecule has 162 valence electrons. The maximum absolute atomic E-state index is 6.04. The second kappa shape index (κ2) is 9.61. The summed E-state index contributed by atoms with van der Waals surface area (Å²) < 4.78 is 12.6. The molecule has 0 spiro atoms. The number of rotatable bonds is 10. The zero-order valence-electron chi connectivity index (χ0n) is 18.2. The maximum atomic E-state index is 6.04. The summed E-state index contributed by atoms with van der Waals surface area (Å²) >= 11 is 0. The van der Waals surface area contributed by atoms with E-state index >= 15 is 0 Å². The van der Waals surface area contributed by atoms with Crippen LogP contribution in [0.3, 0.4) is 0 Å². The van der Waals surface area contributed by atoms with Crippen molar-refractivity contribution >= 4 is 17.0 Å². The van der Waals surface area contributed by atoms with Gasteiger partial charge in [0.2, 0.25) is 5.65 Å². The Labute approximate surface area is 173 Å². The van der Waals surface area contributed by atoms with Crippen LogP contribution in [0.5, 0.6) is 6.01 Å². The van der Waals surface area contributed by atoms with E-state index in [1.807, 2.05) is 0 Å². The highest BCUT2D eigenvalue weighted by molar-refractivity contribution is 5.82. The van der Waals surface area contributed by atoms with Gasteiger partial charge in [0.15, 0.2) is 11.3 Å². The quantitative estimate of drug-likeness (QED) is 0.601. The van der Waals surface area contributed by atoms with Crippen molar-refractivity contribution in [1.82, 2.24) is 19.7 Å². The molecule has 0 bridgehead atoms. The number of imidazole rings is 1. The van der Waals surface area contributed by atoms with E-state index in [1.165, 1.54) is 49.6 Å². The van der Waals surface area contributed by atoms with Crippen molar-refractivity contribution < 1.29 is 14.3 Å². The van der Waals surface area contributed by atoms with E-state index in [9.17, 15) is 0 Å². The molecule has 2 N–H and O–H groups in total. The minimum absolute atomic E-state index is 0.0220. The number of methoxy groups -OCH3 is 1. The van der Waals surface area contributed by atoms with E-state index in [0.717, 1.165) is 25.4 Å². The molecule has 3 heterocycles. The Bertz CT molecular complexity index is 792. The Morgan fingerprint density at radius 1 is 1.28 bits per heavy atom. The van der Waals surface area contributed by atoms with Crippen molar-refractivity contribution in [3.63, 3.8) is 0 Å². The third-order valence-corrected chi connectivity index (χ3v) is 5.64. The molecule has 0 radical (unpaired) electrons. The van der Waals surface area contributed by atoms with Crippen molar-refractivity contribution in [2.75, 3.05) is 19.5 Å². The molecule has 3 rings (SSSR count). The minimum atomic E-state index is 0.0220. The normalized spacial score (nSPS) is 19.9. The number of nitrogens with zero attached hydrogens (tertiary/aromatic N) is 4. The number of fused-ring (bicyclic) bond motifs is 1. The largest absolute Gasteiger partial charge is 0.466 e. The van der Waals surface area contributed by atoms with Gasteiger partial charge in [0.05, 0.1) is 12.7 Å². The van der Waals surface area contributed by atoms with E-state index < -0.39 is 0 Å². The van der Waals surface area contributed by atoms with Crippen LogP contribution >= 0.6 is 0 Å². The lowest BCUT2D eigenvalue weighted by molar-refractivity contribution is -0.0738. The second-order valence-corrected chi connectivity index (χ2v) is 8.70. The zero-order chi connectivity index (χ0) is 20.9. The van der Waals surface area contributed by atoms with Gasteiger partial charge in [0.1, 0.15) is 12.4 Å². The minimum Gasteiger partial charge on any atom is -0.466 e. The van der Waals surface area contributed by atoms with Gasteiger partial charge in [-0.1, -0.05) is 25.7 Å². The third kappa shape index (κ3) is 5.72. The lowest BCUT2D eigenvalue weighted by Gasteiger charge is -2.35. The van der Waals surface area contributed by atoms with Crippen LogP contribution < -0.4 is 15.3 Å². The van der Waals surface area contributed by atoms with Gasteiger partial charge in [-0.3, -0.25) is 0 Å². The summed E-state index contributed by atoms with van der Waals surface area (Å²) in [4.78, 5) is 18.6. The highest BCUT2D eigenvalue weighted by Crippen LogP contribution is 2.31. The van der Waals surface area contributed by atoms with Gasteiger partial charge in [-0.05, 0) is 52.4 Å². The monoisotopic (exact) mass is 405 g/mol. The summed E-state index contributed by atoms with van der Waals surface area (Å²) in [7, 11) is 1.55. The summed E-state index contributed by atoms with van der Waals surface area (Å²) in [6, 6.07) is 0.332. The van der Waals surface area contributed by atoms with Gasteiger partial charge in [-0.2, -0.15) is 4.98 Å². The van der Waals surface area contributed by atoms with Gasteiger partial charge in [-0.15, -0.1) is 4.73 Å². The van der Waals surface area contributed by atoms with Crippen LogP contribution in [0.25, 0.3) is 11.2 Å². The third-order valence-electron chi connectivity index (χ3n) is 5.64. The molecule has 0 amide bonds. The van der Waals surface area contributed by atoms with Gasteiger partial charge >= 0.3 is 6.01 Å². The highest BCUT2D eigenvalue weighted by Gasteiger charge is 2.28. The number of hydrogen-bond acceptors (Lipinski definition) is 7. The van der Waals surface area contributed by atoms with E-state index in [0.29, 0.717) is 23.0 Å². The van der Waals surface area contributed by atoms with Crippen molar-refractivity contribution in [2.24, 2.45) is 5.92 Å². The van der Waals surface area contributed by atoms with Crippen molar-refractivity contribution in [1.29, 1.82) is 0 Å². The average molecular weight is 406 g/mol. The van der Waals surface area contributed by atoms with Gasteiger partial charge in [-0.25, -0.2) is 9.97 Å². The number of hydrogen-bond donors (Lipinski definition) is 1. The molecule has 29 heavy (non-hydrogen) atoms. The molecule has 2 atom stereocenters. The van der Waals surface area contributed by atoms with Crippen LogP contribution in [0.1, 0.15) is 72.1 Å². The molecular weight excluding hydrogens is 370 g/mol. The summed E-state index contributed by atoms with van der Waals surface area (Å²) in [5.74, 6) is 1.13. The standard InChI is InChI=1S/C21H35N5O3/c1-15(9-7-5-6-8-10-16-11-12-28-21(2,3)13-16)29-26-19-17(25-20(26)27-4)18(22)23-14-24-19/h14-16H,5-13H2,1-4H3,(H2,22,23,24)/t15-,16?/m0/s1. The van der Waals surface area contributed by atoms with Crippen molar-refractivity contribution in [3.8, 4) is 6.01 Å². The molecule has 1 unspecified atom stereocenters. The molecule has 1 saturated heterocycles. The van der Waals surface area contributed by atoms with E-state index in [2.05, 4.69) is 35.7 Å². The molecule has 2 aromatic rings. The Hall–Kier alpha value is -2.09. The van der Waals surface area contributed by atoms with Crippen LogP contribution in [0, 0.1) is 5.92 Å². The zero-order valence-corrected chi connectivity index (χ0v) is 18.2. The summed E-state index contributed by atoms with van der Waals surface area (Å²) in [6.45, 7) is 7.38. The fourth-order valence-electron chi connectivity index (χ4n) is 4.15. The predicted octanol–water partition coefficient (Wildman–Crippen LogP) is 3.78. The molecule has 8 heteroatoms. The summed E-state index contributed by atoms with van der Waals surface area (Å²) in [5.41, 5.74) is 6.96. The molecule has 8 nitrogen and oxygen atoms in total. The Morgan fingerprint density at radius 2 is 2.07 bits per heavy atom. The molecule has 0 saturated carbocycles. The Kier molecular flexibility index (Phi) is 7.16. The van der Waals surface area contributed by atoms with E-state index in [4.69, 9.17) is 20.0 Å². The maximum Gasteiger partial charge on any atom is 0.332 e. The molecule has 1 aliphatic rings. The number of anilines is 1. The lowest BCUT2D eigenvalue weighted by Crippen LogP contribution is -2.33. The fraction of sp³-hybridized carbons (Fsp3) is 0.762. The molecule has 0 aromatic carbocycles. The first-order chi connectivity index (χ1) is 13.9. The highest BCUT2D eigenvalue weighted by atomic mass is 16.7. The number of aromatic nitrogens is 4. The van der Waals surface area contributed by atoms with Crippen LogP contribution in [-0.4, -0.2) is 45.1 Å². The number of ether oxygens (including phenoxy) is 2. The lowest BCUT2D eigenvalue weighted by atomic mass is 9.85. The fourth-order valence-corrected chi connectivity index (χ4v) is 4.15. The average Bonchev–Trinajstić information content (AvgIpc) is 3.03. The molecule has 2 aromatic heterocycles. The van der Waals surface area contributed by atoms with Crippen LogP contribution in [0.4, 0.5) is 5.82 Å². The first-order valence-electron chi connectivity index (χ1n) is 10.7. The van der Waals surface area contributed by atoms with E-state index in [-0.39, 0.29) is 11.7 Å². The van der Waals surface area contributed by atoms with Crippen molar-refractivity contribution in [3.05, 3.63) is 6.33 Å². The first-order valence-corrected chi connectivity index (χ1v) is 10.7. The SMILES string of the molecule is COc1nc2c(N)ncnc2n1O[C@@H](C)CCCCCCC1CCOC(C)(C)C1.